The molecule has 2 N–H and O–H groups in total. The highest BCUT2D eigenvalue weighted by Crippen LogP contribution is 2.29. The van der Waals surface area contributed by atoms with Crippen LogP contribution < -0.4 is 20.5 Å². The fourth-order valence-electron chi connectivity index (χ4n) is 4.30. The number of carbonyl (C=O) groups is 1. The summed E-state index contributed by atoms with van der Waals surface area (Å²) < 4.78 is 16.3. The molecular weight excluding hydrogens is 427 g/mol. The van der Waals surface area contributed by atoms with Crippen LogP contribution in [0.5, 0.6) is 0 Å². The number of aromatic carboxylic acids is 1. The number of carboxylic acid groups (broad SMARTS) is 1. The van der Waals surface area contributed by atoms with E-state index in [0.29, 0.717) is 36.2 Å². The lowest BCUT2D eigenvalue weighted by Crippen LogP contribution is -2.46. The lowest BCUT2D eigenvalue weighted by molar-refractivity contribution is 0.0691. The van der Waals surface area contributed by atoms with Gasteiger partial charge in [-0.2, -0.15) is 4.73 Å². The average Bonchev–Trinajstić information content (AvgIpc) is 2.83. The number of nitrogens with zero attached hydrogens (tertiary/aromatic N) is 3. The minimum atomic E-state index is -1.37. The Hall–Kier alpha value is -3.98. The van der Waals surface area contributed by atoms with E-state index in [1.165, 1.54) is 19.2 Å². The van der Waals surface area contributed by atoms with Crippen LogP contribution in [-0.4, -0.2) is 47.5 Å². The number of benzene rings is 2. The highest BCUT2D eigenvalue weighted by molar-refractivity contribution is 5.96. The van der Waals surface area contributed by atoms with E-state index in [0.717, 1.165) is 16.5 Å². The maximum absolute atomic E-state index is 15.2. The maximum atomic E-state index is 15.2. The summed E-state index contributed by atoms with van der Waals surface area (Å²) in [5.74, 6) is -1.81. The first-order valence-corrected chi connectivity index (χ1v) is 10.5. The molecule has 0 amide bonds. The van der Waals surface area contributed by atoms with Crippen LogP contribution in [0.4, 0.5) is 10.1 Å². The number of carboxylic acids is 1. The molecule has 2 aromatic carbocycles. The van der Waals surface area contributed by atoms with Crippen LogP contribution in [0.2, 0.25) is 0 Å². The van der Waals surface area contributed by atoms with Crippen LogP contribution in [0.1, 0.15) is 22.0 Å². The molecule has 1 aliphatic heterocycles. The van der Waals surface area contributed by atoms with Gasteiger partial charge in [0.05, 0.1) is 22.8 Å². The number of anilines is 1. The third-order valence-electron chi connectivity index (χ3n) is 5.95. The molecule has 0 radical (unpaired) electrons. The minimum Gasteiger partial charge on any atom is -0.477 e. The zero-order valence-electron chi connectivity index (χ0n) is 17.8. The summed E-state index contributed by atoms with van der Waals surface area (Å²) in [6, 6.07) is 14.5. The fourth-order valence-corrected chi connectivity index (χ4v) is 4.30. The smallest absolute Gasteiger partial charge is 0.341 e. The second-order valence-corrected chi connectivity index (χ2v) is 7.90. The minimum absolute atomic E-state index is 0.0442. The zero-order valence-corrected chi connectivity index (χ0v) is 17.8. The number of fused-ring (bicyclic) bond motifs is 2. The van der Waals surface area contributed by atoms with Gasteiger partial charge in [-0.25, -0.2) is 14.2 Å². The lowest BCUT2D eigenvalue weighted by atomic mass is 10.0. The van der Waals surface area contributed by atoms with Crippen LogP contribution in [0, 0.1) is 5.82 Å². The van der Waals surface area contributed by atoms with Gasteiger partial charge in [0, 0.05) is 31.1 Å². The summed E-state index contributed by atoms with van der Waals surface area (Å²) in [4.78, 5) is 35.8. The molecule has 168 valence electrons. The largest absolute Gasteiger partial charge is 0.477 e. The monoisotopic (exact) mass is 448 g/mol. The van der Waals surface area contributed by atoms with Crippen molar-refractivity contribution in [2.24, 2.45) is 0 Å². The summed E-state index contributed by atoms with van der Waals surface area (Å²) in [7, 11) is 1.35. The van der Waals surface area contributed by atoms with Crippen molar-refractivity contribution >= 4 is 33.6 Å². The summed E-state index contributed by atoms with van der Waals surface area (Å²) in [6.07, 6.45) is 1.09. The number of hydrogen-bond donors (Lipinski definition) is 2. The molecule has 0 bridgehead atoms. The van der Waals surface area contributed by atoms with Gasteiger partial charge in [-0.05, 0) is 23.8 Å². The van der Waals surface area contributed by atoms with Gasteiger partial charge < -0.3 is 20.2 Å². The Bertz CT molecular complexity index is 1440. The van der Waals surface area contributed by atoms with Gasteiger partial charge >= 0.3 is 5.97 Å². The van der Waals surface area contributed by atoms with Crippen LogP contribution in [0.3, 0.4) is 0 Å². The molecule has 33 heavy (non-hydrogen) atoms. The quantitative estimate of drug-likeness (QED) is 0.463. The number of piperazine rings is 1. The molecule has 2 aromatic heterocycles. The predicted octanol–water partition coefficient (Wildman–Crippen LogP) is 2.60. The Morgan fingerprint density at radius 1 is 1.24 bits per heavy atom. The second kappa shape index (κ2) is 8.18. The van der Waals surface area contributed by atoms with E-state index in [4.69, 9.17) is 4.84 Å². The number of rotatable bonds is 4. The van der Waals surface area contributed by atoms with Gasteiger partial charge in [0.2, 0.25) is 5.43 Å². The number of nitrogens with one attached hydrogen (secondary N) is 1. The first kappa shape index (κ1) is 20.9. The van der Waals surface area contributed by atoms with E-state index in [1.807, 2.05) is 35.2 Å². The molecule has 1 fully saturated rings. The van der Waals surface area contributed by atoms with E-state index in [-0.39, 0.29) is 17.1 Å². The Balaban J connectivity index is 1.61. The Morgan fingerprint density at radius 3 is 2.76 bits per heavy atom. The topological polar surface area (TPSA) is 96.7 Å². The van der Waals surface area contributed by atoms with E-state index >= 15 is 4.39 Å². The molecular formula is C24H21FN4O4. The molecule has 1 aliphatic rings. The predicted molar refractivity (Wildman–Crippen MR) is 122 cm³/mol. The van der Waals surface area contributed by atoms with Crippen molar-refractivity contribution in [3.8, 4) is 0 Å². The van der Waals surface area contributed by atoms with E-state index in [9.17, 15) is 14.7 Å². The molecule has 1 atom stereocenters. The normalized spacial score (nSPS) is 16.3. The molecule has 0 aliphatic carbocycles. The number of hydrogen-bond acceptors (Lipinski definition) is 6. The third kappa shape index (κ3) is 3.66. The lowest BCUT2D eigenvalue weighted by Gasteiger charge is -2.35. The van der Waals surface area contributed by atoms with Crippen molar-refractivity contribution in [3.05, 3.63) is 81.9 Å². The van der Waals surface area contributed by atoms with Gasteiger partial charge in [-0.1, -0.05) is 30.3 Å². The summed E-state index contributed by atoms with van der Waals surface area (Å²) in [6.45, 7) is 1.91. The van der Waals surface area contributed by atoms with E-state index in [1.54, 1.807) is 6.07 Å². The van der Waals surface area contributed by atoms with Gasteiger partial charge in [-0.3, -0.25) is 4.79 Å². The Kier molecular flexibility index (Phi) is 5.18. The molecule has 0 spiro atoms. The molecule has 0 saturated carbocycles. The summed E-state index contributed by atoms with van der Waals surface area (Å²) in [5, 5.41) is 13.2. The van der Waals surface area contributed by atoms with Gasteiger partial charge in [0.1, 0.15) is 18.5 Å². The molecule has 9 heteroatoms. The maximum Gasteiger partial charge on any atom is 0.341 e. The van der Waals surface area contributed by atoms with E-state index < -0.39 is 22.8 Å². The standard InChI is InChI=1S/C24H21FN4O4/c1-33-29-12-17(24(31)32)22(30)16-9-15-10-18(25)21(11-19(15)27-23(16)29)28-8-7-26-20(13-28)14-5-3-2-4-6-14/h2-6,9-12,20,26H,7-8,13H2,1H3,(H,31,32). The van der Waals surface area contributed by atoms with Crippen LogP contribution in [0.25, 0.3) is 21.9 Å². The highest BCUT2D eigenvalue weighted by atomic mass is 19.1. The Morgan fingerprint density at radius 2 is 2.03 bits per heavy atom. The first-order chi connectivity index (χ1) is 16.0. The second-order valence-electron chi connectivity index (χ2n) is 7.90. The van der Waals surface area contributed by atoms with Crippen LogP contribution in [0.15, 0.2) is 59.5 Å². The first-order valence-electron chi connectivity index (χ1n) is 10.5. The summed E-state index contributed by atoms with van der Waals surface area (Å²) >= 11 is 0. The van der Waals surface area contributed by atoms with Crippen molar-refractivity contribution in [1.82, 2.24) is 15.0 Å². The molecule has 1 unspecified atom stereocenters. The van der Waals surface area contributed by atoms with Crippen LogP contribution in [-0.2, 0) is 0 Å². The highest BCUT2D eigenvalue weighted by Gasteiger charge is 2.24. The van der Waals surface area contributed by atoms with Gasteiger partial charge in [0.15, 0.2) is 5.65 Å². The van der Waals surface area contributed by atoms with Crippen molar-refractivity contribution in [2.75, 3.05) is 31.6 Å². The molecule has 8 nitrogen and oxygen atoms in total. The zero-order chi connectivity index (χ0) is 23.1. The average molecular weight is 448 g/mol. The summed E-state index contributed by atoms with van der Waals surface area (Å²) in [5.41, 5.74) is 1.05. The van der Waals surface area contributed by atoms with Crippen molar-refractivity contribution in [1.29, 1.82) is 0 Å². The third-order valence-corrected chi connectivity index (χ3v) is 5.95. The van der Waals surface area contributed by atoms with Crippen LogP contribution >= 0.6 is 0 Å². The molecule has 4 aromatic rings. The van der Waals surface area contributed by atoms with Gasteiger partial charge in [0.25, 0.3) is 0 Å². The number of halogens is 1. The van der Waals surface area contributed by atoms with Crippen molar-refractivity contribution < 1.29 is 19.1 Å². The number of aromatic nitrogens is 2. The molecule has 1 saturated heterocycles. The number of pyridine rings is 2. The SMILES string of the molecule is COn1cc(C(=O)O)c(=O)c2cc3cc(F)c(N4CCNC(c5ccccc5)C4)cc3nc21. The van der Waals surface area contributed by atoms with Crippen molar-refractivity contribution in [3.63, 3.8) is 0 Å². The fraction of sp³-hybridized carbons (Fsp3) is 0.208. The van der Waals surface area contributed by atoms with Crippen molar-refractivity contribution in [2.45, 2.75) is 6.04 Å². The molecule has 3 heterocycles. The van der Waals surface area contributed by atoms with E-state index in [2.05, 4.69) is 10.3 Å². The van der Waals surface area contributed by atoms with Gasteiger partial charge in [-0.15, -0.1) is 0 Å². The Labute approximate surface area is 187 Å². The molecule has 5 rings (SSSR count).